The number of hydrogen-bond donors (Lipinski definition) is 1. The quantitative estimate of drug-likeness (QED) is 0.878. The fourth-order valence-electron chi connectivity index (χ4n) is 2.55. The maximum absolute atomic E-state index is 6.29. The predicted molar refractivity (Wildman–Crippen MR) is 68.4 cm³/mol. The van der Waals surface area contributed by atoms with E-state index >= 15 is 0 Å². The van der Waals surface area contributed by atoms with Gasteiger partial charge in [0.25, 0.3) is 0 Å². The van der Waals surface area contributed by atoms with E-state index in [0.717, 1.165) is 9.50 Å². The van der Waals surface area contributed by atoms with Gasteiger partial charge >= 0.3 is 0 Å². The van der Waals surface area contributed by atoms with Gasteiger partial charge in [0.15, 0.2) is 0 Å². The van der Waals surface area contributed by atoms with Gasteiger partial charge in [-0.1, -0.05) is 46.4 Å². The van der Waals surface area contributed by atoms with Crippen LogP contribution < -0.4 is 5.73 Å². The van der Waals surface area contributed by atoms with Crippen molar-refractivity contribution in [3.63, 3.8) is 0 Å². The second kappa shape index (κ2) is 4.44. The summed E-state index contributed by atoms with van der Waals surface area (Å²) >= 11 is 9.72. The summed E-state index contributed by atoms with van der Waals surface area (Å²) in [6, 6.07) is 6.13. The molecular weight excluding hydrogens is 273 g/mol. The number of hydrogen-bond acceptors (Lipinski definition) is 1. The minimum atomic E-state index is 0.137. The maximum Gasteiger partial charge on any atom is 0.0455 e. The molecule has 0 bridgehead atoms. The summed E-state index contributed by atoms with van der Waals surface area (Å²) in [7, 11) is 0. The lowest BCUT2D eigenvalue weighted by Crippen LogP contribution is -2.32. The van der Waals surface area contributed by atoms with Crippen LogP contribution in [0.4, 0.5) is 0 Å². The Hall–Kier alpha value is -0.0500. The van der Waals surface area contributed by atoms with Crippen LogP contribution in [0.2, 0.25) is 5.02 Å². The second-order valence-electron chi connectivity index (χ2n) is 4.32. The smallest absolute Gasteiger partial charge is 0.0455 e. The lowest BCUT2D eigenvalue weighted by Gasteiger charge is -2.28. The van der Waals surface area contributed by atoms with E-state index in [1.54, 1.807) is 0 Å². The molecule has 0 aromatic heterocycles. The molecule has 1 aliphatic carbocycles. The Kier molecular flexibility index (Phi) is 3.39. The SMILES string of the molecule is NCC1(c2ccc(Br)cc2Cl)CCCC1. The van der Waals surface area contributed by atoms with Crippen molar-refractivity contribution in [2.75, 3.05) is 6.54 Å². The molecule has 2 N–H and O–H groups in total. The van der Waals surface area contributed by atoms with Crippen molar-refractivity contribution in [2.24, 2.45) is 5.73 Å². The van der Waals surface area contributed by atoms with Crippen molar-refractivity contribution in [3.8, 4) is 0 Å². The Bertz CT molecular complexity index is 359. The van der Waals surface area contributed by atoms with Crippen molar-refractivity contribution in [1.29, 1.82) is 0 Å². The predicted octanol–water partition coefficient (Wildman–Crippen LogP) is 3.87. The van der Waals surface area contributed by atoms with Gasteiger partial charge in [0.2, 0.25) is 0 Å². The Labute approximate surface area is 104 Å². The van der Waals surface area contributed by atoms with Crippen LogP contribution in [0.1, 0.15) is 31.2 Å². The van der Waals surface area contributed by atoms with Crippen molar-refractivity contribution in [1.82, 2.24) is 0 Å². The molecule has 1 aliphatic rings. The summed E-state index contributed by atoms with van der Waals surface area (Å²) in [4.78, 5) is 0. The lowest BCUT2D eigenvalue weighted by molar-refractivity contribution is 0.453. The molecule has 0 amide bonds. The van der Waals surface area contributed by atoms with E-state index in [0.29, 0.717) is 6.54 Å². The molecule has 0 radical (unpaired) electrons. The van der Waals surface area contributed by atoms with Gasteiger partial charge in [0.05, 0.1) is 0 Å². The molecule has 2 rings (SSSR count). The molecule has 82 valence electrons. The highest BCUT2D eigenvalue weighted by Gasteiger charge is 2.35. The Morgan fingerprint density at radius 3 is 2.53 bits per heavy atom. The molecule has 0 aliphatic heterocycles. The zero-order valence-electron chi connectivity index (χ0n) is 8.60. The normalized spacial score (nSPS) is 19.4. The van der Waals surface area contributed by atoms with E-state index in [-0.39, 0.29) is 5.41 Å². The minimum absolute atomic E-state index is 0.137. The van der Waals surface area contributed by atoms with Crippen molar-refractivity contribution in [3.05, 3.63) is 33.3 Å². The molecule has 1 fully saturated rings. The summed E-state index contributed by atoms with van der Waals surface area (Å²) in [5.74, 6) is 0. The molecule has 0 heterocycles. The number of nitrogens with two attached hydrogens (primary N) is 1. The van der Waals surface area contributed by atoms with Crippen LogP contribution in [0.3, 0.4) is 0 Å². The Morgan fingerprint density at radius 1 is 1.33 bits per heavy atom. The molecule has 0 spiro atoms. The molecule has 1 aromatic carbocycles. The van der Waals surface area contributed by atoms with Gasteiger partial charge in [-0.3, -0.25) is 0 Å². The number of rotatable bonds is 2. The summed E-state index contributed by atoms with van der Waals surface area (Å²) in [6.45, 7) is 0.703. The Morgan fingerprint density at radius 2 is 2.00 bits per heavy atom. The van der Waals surface area contributed by atoms with Crippen LogP contribution >= 0.6 is 27.5 Å². The van der Waals surface area contributed by atoms with Crippen LogP contribution in [0.25, 0.3) is 0 Å². The van der Waals surface area contributed by atoms with Crippen molar-refractivity contribution in [2.45, 2.75) is 31.1 Å². The van der Waals surface area contributed by atoms with E-state index in [2.05, 4.69) is 28.1 Å². The summed E-state index contributed by atoms with van der Waals surface area (Å²) in [5, 5.41) is 0.844. The summed E-state index contributed by atoms with van der Waals surface area (Å²) in [5.41, 5.74) is 7.30. The summed E-state index contributed by atoms with van der Waals surface area (Å²) < 4.78 is 1.03. The summed E-state index contributed by atoms with van der Waals surface area (Å²) in [6.07, 6.45) is 4.88. The highest BCUT2D eigenvalue weighted by atomic mass is 79.9. The topological polar surface area (TPSA) is 26.0 Å². The van der Waals surface area contributed by atoms with Crippen molar-refractivity contribution < 1.29 is 0 Å². The number of benzene rings is 1. The Balaban J connectivity index is 2.42. The third-order valence-electron chi connectivity index (χ3n) is 3.45. The first kappa shape index (κ1) is 11.4. The van der Waals surface area contributed by atoms with Gasteiger partial charge < -0.3 is 5.73 Å². The van der Waals surface area contributed by atoms with E-state index < -0.39 is 0 Å². The van der Waals surface area contributed by atoms with E-state index in [4.69, 9.17) is 17.3 Å². The lowest BCUT2D eigenvalue weighted by atomic mass is 9.79. The first-order valence-corrected chi connectivity index (χ1v) is 6.51. The first-order chi connectivity index (χ1) is 7.18. The highest BCUT2D eigenvalue weighted by molar-refractivity contribution is 9.10. The van der Waals surface area contributed by atoms with Crippen LogP contribution in [0.5, 0.6) is 0 Å². The fourth-order valence-corrected chi connectivity index (χ4v) is 3.43. The van der Waals surface area contributed by atoms with Crippen LogP contribution in [-0.2, 0) is 5.41 Å². The van der Waals surface area contributed by atoms with Gasteiger partial charge in [-0.05, 0) is 30.5 Å². The molecule has 0 unspecified atom stereocenters. The van der Waals surface area contributed by atoms with Gasteiger partial charge in [0, 0.05) is 21.5 Å². The fraction of sp³-hybridized carbons (Fsp3) is 0.500. The van der Waals surface area contributed by atoms with Crippen LogP contribution in [0.15, 0.2) is 22.7 Å². The van der Waals surface area contributed by atoms with Gasteiger partial charge in [0.1, 0.15) is 0 Å². The highest BCUT2D eigenvalue weighted by Crippen LogP contribution is 2.43. The maximum atomic E-state index is 6.29. The standard InChI is InChI=1S/C12H15BrClN/c13-9-3-4-10(11(14)7-9)12(8-15)5-1-2-6-12/h3-4,7H,1-2,5-6,8,15H2. The molecule has 1 aromatic rings. The number of halogens is 2. The largest absolute Gasteiger partial charge is 0.330 e. The molecule has 3 heteroatoms. The van der Waals surface area contributed by atoms with Gasteiger partial charge in [-0.25, -0.2) is 0 Å². The molecule has 1 nitrogen and oxygen atoms in total. The van der Waals surface area contributed by atoms with Crippen LogP contribution in [-0.4, -0.2) is 6.54 Å². The van der Waals surface area contributed by atoms with E-state index in [1.165, 1.54) is 31.2 Å². The zero-order valence-corrected chi connectivity index (χ0v) is 10.9. The minimum Gasteiger partial charge on any atom is -0.330 e. The van der Waals surface area contributed by atoms with Crippen molar-refractivity contribution >= 4 is 27.5 Å². The monoisotopic (exact) mass is 287 g/mol. The average molecular weight is 289 g/mol. The molecule has 0 saturated heterocycles. The van der Waals surface area contributed by atoms with Crippen LogP contribution in [0, 0.1) is 0 Å². The first-order valence-electron chi connectivity index (χ1n) is 5.33. The van der Waals surface area contributed by atoms with E-state index in [1.807, 2.05) is 6.07 Å². The second-order valence-corrected chi connectivity index (χ2v) is 5.64. The van der Waals surface area contributed by atoms with Gasteiger partial charge in [-0.2, -0.15) is 0 Å². The molecular formula is C12H15BrClN. The molecule has 1 saturated carbocycles. The average Bonchev–Trinajstić information content (AvgIpc) is 2.67. The third-order valence-corrected chi connectivity index (χ3v) is 4.26. The zero-order chi connectivity index (χ0) is 10.9. The molecule has 0 atom stereocenters. The van der Waals surface area contributed by atoms with E-state index in [9.17, 15) is 0 Å². The van der Waals surface area contributed by atoms with Gasteiger partial charge in [-0.15, -0.1) is 0 Å². The molecule has 15 heavy (non-hydrogen) atoms. The third kappa shape index (κ3) is 2.08.